The highest BCUT2D eigenvalue weighted by Gasteiger charge is 2.33. The molecule has 0 saturated carbocycles. The van der Waals surface area contributed by atoms with Crippen LogP contribution >= 0.6 is 11.6 Å². The number of benzene rings is 2. The Hall–Kier alpha value is -3.42. The summed E-state index contributed by atoms with van der Waals surface area (Å²) in [4.78, 5) is 28.5. The van der Waals surface area contributed by atoms with Gasteiger partial charge in [0.25, 0.3) is 5.91 Å². The van der Waals surface area contributed by atoms with E-state index in [1.807, 2.05) is 30.3 Å². The van der Waals surface area contributed by atoms with Crippen molar-refractivity contribution >= 4 is 17.5 Å². The average molecular weight is 483 g/mol. The summed E-state index contributed by atoms with van der Waals surface area (Å²) in [5.41, 5.74) is 1.90. The van der Waals surface area contributed by atoms with Crippen LogP contribution in [0.5, 0.6) is 5.75 Å². The summed E-state index contributed by atoms with van der Waals surface area (Å²) < 4.78 is 21.2. The van der Waals surface area contributed by atoms with E-state index in [0.717, 1.165) is 5.56 Å². The van der Waals surface area contributed by atoms with Gasteiger partial charge in [0, 0.05) is 25.2 Å². The number of pyridine rings is 1. The molecule has 8 heteroatoms. The maximum atomic E-state index is 13.6. The predicted octanol–water partition coefficient (Wildman–Crippen LogP) is 4.10. The van der Waals surface area contributed by atoms with Crippen LogP contribution in [0.3, 0.4) is 0 Å². The first-order valence-electron chi connectivity index (χ1n) is 10.8. The Labute approximate surface area is 201 Å². The Kier molecular flexibility index (Phi) is 7.14. The number of rotatable bonds is 8. The van der Waals surface area contributed by atoms with Crippen molar-refractivity contribution in [1.82, 2.24) is 9.47 Å². The van der Waals surface area contributed by atoms with Crippen molar-refractivity contribution < 1.29 is 19.0 Å². The molecule has 0 bridgehead atoms. The fraction of sp³-hybridized carbons (Fsp3) is 0.231. The maximum Gasteiger partial charge on any atom is 0.274 e. The van der Waals surface area contributed by atoms with Gasteiger partial charge in [-0.15, -0.1) is 6.58 Å². The van der Waals surface area contributed by atoms with E-state index in [1.54, 1.807) is 21.6 Å². The van der Waals surface area contributed by atoms with Gasteiger partial charge >= 0.3 is 0 Å². The topological polar surface area (TPSA) is 71.8 Å². The molecule has 4 rings (SSSR count). The molecule has 3 aromatic rings. The van der Waals surface area contributed by atoms with Gasteiger partial charge in [-0.05, 0) is 29.7 Å². The SMILES string of the molecule is C=CCc1c(CO)n2c(c(OCc3ccccc3)c1=O)C(=O)N(Cc1ccc(F)c(Cl)c1)CC2. The number of carbonyl (C=O) groups is 1. The van der Waals surface area contributed by atoms with E-state index in [9.17, 15) is 19.1 Å². The highest BCUT2D eigenvalue weighted by molar-refractivity contribution is 6.30. The zero-order valence-corrected chi connectivity index (χ0v) is 19.2. The molecular weight excluding hydrogens is 459 g/mol. The second-order valence-electron chi connectivity index (χ2n) is 7.98. The van der Waals surface area contributed by atoms with Crippen LogP contribution in [0.1, 0.15) is 32.9 Å². The van der Waals surface area contributed by atoms with E-state index < -0.39 is 23.8 Å². The summed E-state index contributed by atoms with van der Waals surface area (Å²) in [5.74, 6) is -0.998. The molecule has 2 heterocycles. The number of halogens is 2. The predicted molar refractivity (Wildman–Crippen MR) is 127 cm³/mol. The fourth-order valence-corrected chi connectivity index (χ4v) is 4.34. The average Bonchev–Trinajstić information content (AvgIpc) is 2.84. The van der Waals surface area contributed by atoms with Crippen molar-refractivity contribution in [3.8, 4) is 5.75 Å². The molecule has 0 radical (unpaired) electrons. The number of hydrogen-bond acceptors (Lipinski definition) is 4. The zero-order chi connectivity index (χ0) is 24.2. The normalized spacial score (nSPS) is 13.0. The van der Waals surface area contributed by atoms with Crippen molar-refractivity contribution in [1.29, 1.82) is 0 Å². The third kappa shape index (κ3) is 4.62. The lowest BCUT2D eigenvalue weighted by atomic mass is 10.0. The minimum Gasteiger partial charge on any atom is -0.483 e. The first kappa shape index (κ1) is 23.7. The van der Waals surface area contributed by atoms with Gasteiger partial charge in [0.2, 0.25) is 5.43 Å². The van der Waals surface area contributed by atoms with E-state index in [1.165, 1.54) is 12.1 Å². The van der Waals surface area contributed by atoms with Gasteiger partial charge in [0.05, 0.1) is 17.3 Å². The summed E-state index contributed by atoms with van der Waals surface area (Å²) in [7, 11) is 0. The third-order valence-electron chi connectivity index (χ3n) is 5.80. The van der Waals surface area contributed by atoms with E-state index in [4.69, 9.17) is 16.3 Å². The van der Waals surface area contributed by atoms with Gasteiger partial charge in [0.15, 0.2) is 11.4 Å². The lowest BCUT2D eigenvalue weighted by Gasteiger charge is -2.33. The summed E-state index contributed by atoms with van der Waals surface area (Å²) >= 11 is 5.90. The molecule has 0 spiro atoms. The smallest absolute Gasteiger partial charge is 0.274 e. The zero-order valence-electron chi connectivity index (χ0n) is 18.5. The van der Waals surface area contributed by atoms with Crippen molar-refractivity contribution in [2.75, 3.05) is 6.54 Å². The lowest BCUT2D eigenvalue weighted by molar-refractivity contribution is 0.0675. The molecule has 34 heavy (non-hydrogen) atoms. The van der Waals surface area contributed by atoms with Crippen LogP contribution in [-0.2, 0) is 32.7 Å². The van der Waals surface area contributed by atoms with Gasteiger partial charge in [-0.25, -0.2) is 4.39 Å². The number of fused-ring (bicyclic) bond motifs is 1. The number of aliphatic hydroxyl groups is 1. The van der Waals surface area contributed by atoms with Crippen LogP contribution in [-0.4, -0.2) is 27.0 Å². The maximum absolute atomic E-state index is 13.6. The molecule has 1 aliphatic heterocycles. The van der Waals surface area contributed by atoms with Crippen molar-refractivity contribution in [2.45, 2.75) is 32.7 Å². The minimum absolute atomic E-state index is 0.0258. The summed E-state index contributed by atoms with van der Waals surface area (Å²) in [6, 6.07) is 13.6. The molecule has 0 fully saturated rings. The molecule has 6 nitrogen and oxygen atoms in total. The summed E-state index contributed by atoms with van der Waals surface area (Å²) in [6.07, 6.45) is 1.82. The number of nitrogens with zero attached hydrogens (tertiary/aromatic N) is 2. The standard InChI is InChI=1S/C26H24ClFN2O4/c1-2-6-19-22(15-31)30-12-11-29(14-18-9-10-21(28)20(27)13-18)26(33)23(30)25(24(19)32)34-16-17-7-4-3-5-8-17/h2-5,7-10,13,31H,1,6,11-12,14-16H2. The molecular formula is C26H24ClFN2O4. The largest absolute Gasteiger partial charge is 0.483 e. The Morgan fingerprint density at radius 2 is 1.88 bits per heavy atom. The van der Waals surface area contributed by atoms with E-state index >= 15 is 0 Å². The van der Waals surface area contributed by atoms with E-state index in [2.05, 4.69) is 6.58 Å². The molecule has 1 amide bonds. The van der Waals surface area contributed by atoms with Crippen molar-refractivity contribution in [3.05, 3.63) is 110 Å². The van der Waals surface area contributed by atoms with Crippen LogP contribution in [0.2, 0.25) is 5.02 Å². The third-order valence-corrected chi connectivity index (χ3v) is 6.09. The summed E-state index contributed by atoms with van der Waals surface area (Å²) in [5, 5.41) is 10.0. The quantitative estimate of drug-likeness (QED) is 0.491. The van der Waals surface area contributed by atoms with Gasteiger partial charge in [-0.3, -0.25) is 9.59 Å². The van der Waals surface area contributed by atoms with Gasteiger partial charge in [-0.1, -0.05) is 54.1 Å². The second-order valence-corrected chi connectivity index (χ2v) is 8.39. The minimum atomic E-state index is -0.536. The van der Waals surface area contributed by atoms with Crippen molar-refractivity contribution in [3.63, 3.8) is 0 Å². The monoisotopic (exact) mass is 482 g/mol. The van der Waals surface area contributed by atoms with Gasteiger partial charge in [-0.2, -0.15) is 0 Å². The molecule has 0 unspecified atom stereocenters. The summed E-state index contributed by atoms with van der Waals surface area (Å²) in [6.45, 7) is 4.30. The van der Waals surface area contributed by atoms with Crippen LogP contribution < -0.4 is 10.2 Å². The van der Waals surface area contributed by atoms with Crippen LogP contribution in [0, 0.1) is 5.82 Å². The van der Waals surface area contributed by atoms with Crippen molar-refractivity contribution in [2.24, 2.45) is 0 Å². The lowest BCUT2D eigenvalue weighted by Crippen LogP contribution is -2.43. The molecule has 0 aliphatic carbocycles. The number of aromatic nitrogens is 1. The van der Waals surface area contributed by atoms with Crippen LogP contribution in [0.25, 0.3) is 0 Å². The number of ether oxygens (including phenoxy) is 1. The second kappa shape index (κ2) is 10.2. The van der Waals surface area contributed by atoms with E-state index in [0.29, 0.717) is 29.9 Å². The van der Waals surface area contributed by atoms with Gasteiger partial charge in [0.1, 0.15) is 12.4 Å². The molecule has 1 aliphatic rings. The molecule has 1 N–H and O–H groups in total. The first-order valence-corrected chi connectivity index (χ1v) is 11.2. The Morgan fingerprint density at radius 1 is 1.12 bits per heavy atom. The number of allylic oxidation sites excluding steroid dienone is 1. The molecule has 2 aromatic carbocycles. The molecule has 0 saturated heterocycles. The highest BCUT2D eigenvalue weighted by Crippen LogP contribution is 2.27. The Balaban J connectivity index is 1.76. The highest BCUT2D eigenvalue weighted by atomic mass is 35.5. The van der Waals surface area contributed by atoms with E-state index in [-0.39, 0.29) is 36.0 Å². The number of aliphatic hydroxyl groups excluding tert-OH is 1. The number of carbonyl (C=O) groups excluding carboxylic acids is 1. The number of amides is 1. The van der Waals surface area contributed by atoms with Gasteiger partial charge < -0.3 is 19.3 Å². The van der Waals surface area contributed by atoms with Crippen LogP contribution in [0.15, 0.2) is 66.0 Å². The first-order chi connectivity index (χ1) is 16.4. The number of hydrogen-bond donors (Lipinski definition) is 1. The molecule has 1 aromatic heterocycles. The molecule has 0 atom stereocenters. The molecule has 176 valence electrons. The Morgan fingerprint density at radius 3 is 2.56 bits per heavy atom. The Bertz CT molecular complexity index is 1290. The van der Waals surface area contributed by atoms with Crippen LogP contribution in [0.4, 0.5) is 4.39 Å². The fourth-order valence-electron chi connectivity index (χ4n) is 4.14.